The van der Waals surface area contributed by atoms with Gasteiger partial charge in [-0.3, -0.25) is 4.55 Å². The molecule has 9 heavy (non-hydrogen) atoms. The minimum absolute atomic E-state index is 0. The van der Waals surface area contributed by atoms with Crippen LogP contribution < -0.4 is 5.11 Å². The maximum Gasteiger partial charge on any atom is 2.00 e. The van der Waals surface area contributed by atoms with Gasteiger partial charge in [-0.1, -0.05) is 0 Å². The van der Waals surface area contributed by atoms with Gasteiger partial charge in [0.05, 0.1) is 0 Å². The number of rotatable bonds is 1. The fourth-order valence-corrected chi connectivity index (χ4v) is 0.258. The van der Waals surface area contributed by atoms with Gasteiger partial charge < -0.3 is 14.1 Å². The maximum atomic E-state index is 9.35. The van der Waals surface area contributed by atoms with E-state index in [9.17, 15) is 8.42 Å². The Morgan fingerprint density at radius 3 is 1.89 bits per heavy atom. The molecule has 0 saturated carbocycles. The molecule has 0 rings (SSSR count). The number of carbonyl (C=O) groups excluding carboxylic acids is 1. The summed E-state index contributed by atoms with van der Waals surface area (Å²) in [5.41, 5.74) is 0. The summed E-state index contributed by atoms with van der Waals surface area (Å²) in [5, 5.41) is 9.14. The number of hydrogen-bond donors (Lipinski definition) is 1. The first-order chi connectivity index (χ1) is 3.42. The molecule has 0 unspecified atom stereocenters. The third-order valence-electron chi connectivity index (χ3n) is 0.173. The standard InChI is InChI=1S/CH2O6S.Zn/c2-1(3)7-8(4,5)6;/h(H,2,3)(H,4,5,6);/q;+2/p-1. The van der Waals surface area contributed by atoms with Crippen molar-refractivity contribution in [3.8, 4) is 0 Å². The third kappa shape index (κ3) is 11.4. The molecule has 0 atom stereocenters. The van der Waals surface area contributed by atoms with Gasteiger partial charge in [-0.05, 0) is 0 Å². The molecule has 0 aromatic carbocycles. The van der Waals surface area contributed by atoms with Crippen LogP contribution in [0.2, 0.25) is 0 Å². The first-order valence-electron chi connectivity index (χ1n) is 1.29. The molecule has 0 fully saturated rings. The Morgan fingerprint density at radius 2 is 1.89 bits per heavy atom. The van der Waals surface area contributed by atoms with E-state index < -0.39 is 16.6 Å². The van der Waals surface area contributed by atoms with Crippen molar-refractivity contribution in [3.05, 3.63) is 0 Å². The van der Waals surface area contributed by atoms with Crippen molar-refractivity contribution in [2.75, 3.05) is 0 Å². The van der Waals surface area contributed by atoms with Gasteiger partial charge in [-0.25, -0.2) is 0 Å². The van der Waals surface area contributed by atoms with E-state index in [-0.39, 0.29) is 19.5 Å². The van der Waals surface area contributed by atoms with Crippen molar-refractivity contribution in [1.82, 2.24) is 0 Å². The normalized spacial score (nSPS) is 9.44. The average molecular weight is 206 g/mol. The molecule has 48 valence electrons. The summed E-state index contributed by atoms with van der Waals surface area (Å²) in [6.07, 6.45) is -2.31. The molecule has 0 bridgehead atoms. The second-order valence-corrected chi connectivity index (χ2v) is 1.78. The van der Waals surface area contributed by atoms with Crippen molar-refractivity contribution >= 4 is 16.6 Å². The average Bonchev–Trinajstić information content (AvgIpc) is 1.21. The third-order valence-corrected chi connectivity index (χ3v) is 0.520. The summed E-state index contributed by atoms with van der Waals surface area (Å²) < 4.78 is 29.0. The van der Waals surface area contributed by atoms with Crippen LogP contribution in [0.15, 0.2) is 0 Å². The molecule has 1 N–H and O–H groups in total. The van der Waals surface area contributed by atoms with E-state index in [2.05, 4.69) is 4.18 Å². The van der Waals surface area contributed by atoms with Crippen LogP contribution in [0.25, 0.3) is 0 Å². The Morgan fingerprint density at radius 1 is 1.56 bits per heavy atom. The molecule has 6 nitrogen and oxygen atoms in total. The fourth-order valence-electron chi connectivity index (χ4n) is 0.0860. The first kappa shape index (κ1) is 11.6. The van der Waals surface area contributed by atoms with Crippen LogP contribution in [-0.2, 0) is 34.1 Å². The zero-order chi connectivity index (χ0) is 6.78. The monoisotopic (exact) mass is 205 g/mol. The van der Waals surface area contributed by atoms with Crippen LogP contribution in [0.4, 0.5) is 4.79 Å². The molecule has 8 heteroatoms. The summed E-state index contributed by atoms with van der Waals surface area (Å²) in [4.78, 5) is 9.14. The Bertz CT molecular complexity index is 179. The second-order valence-electron chi connectivity index (χ2n) is 0.761. The number of carbonyl (C=O) groups is 1. The summed E-state index contributed by atoms with van der Waals surface area (Å²) in [6, 6.07) is 0. The van der Waals surface area contributed by atoms with Crippen molar-refractivity contribution < 1.29 is 46.5 Å². The van der Waals surface area contributed by atoms with Gasteiger partial charge in [-0.2, -0.15) is 8.42 Å². The predicted octanol–water partition coefficient (Wildman–Crippen LogP) is -1.85. The molecule has 0 aromatic heterocycles. The molecule has 0 aliphatic heterocycles. The van der Waals surface area contributed by atoms with Gasteiger partial charge in [0.2, 0.25) is 0 Å². The van der Waals surface area contributed by atoms with Gasteiger partial charge in [0.25, 0.3) is 6.16 Å². The van der Waals surface area contributed by atoms with Gasteiger partial charge in [0.15, 0.2) is 0 Å². The second kappa shape index (κ2) is 3.76. The Kier molecular flexibility index (Phi) is 4.84. The van der Waals surface area contributed by atoms with E-state index in [1.807, 2.05) is 0 Å². The van der Waals surface area contributed by atoms with Gasteiger partial charge in [-0.15, -0.1) is 0 Å². The van der Waals surface area contributed by atoms with E-state index in [4.69, 9.17) is 14.5 Å². The predicted molar refractivity (Wildman–Crippen MR) is 18.0 cm³/mol. The number of hydrogen-bond acceptors (Lipinski definition) is 5. The molecular formula is CHO6SZn+. The van der Waals surface area contributed by atoms with Crippen LogP contribution in [0.3, 0.4) is 0 Å². The van der Waals surface area contributed by atoms with E-state index in [1.165, 1.54) is 0 Å². The molecule has 0 aliphatic carbocycles. The molecule has 0 aliphatic rings. The zero-order valence-electron chi connectivity index (χ0n) is 4.10. The van der Waals surface area contributed by atoms with Crippen LogP contribution >= 0.6 is 0 Å². The van der Waals surface area contributed by atoms with Crippen molar-refractivity contribution in [1.29, 1.82) is 0 Å². The van der Waals surface area contributed by atoms with Crippen LogP contribution in [0.1, 0.15) is 0 Å². The van der Waals surface area contributed by atoms with Crippen molar-refractivity contribution in [3.63, 3.8) is 0 Å². The first-order valence-corrected chi connectivity index (χ1v) is 2.66. The maximum absolute atomic E-state index is 9.35. The Labute approximate surface area is 63.5 Å². The summed E-state index contributed by atoms with van der Waals surface area (Å²) in [7, 11) is -4.89. The Balaban J connectivity index is 0. The quantitative estimate of drug-likeness (QED) is 0.399. The fraction of sp³-hybridized carbons (Fsp3) is 0. The molecule has 0 radical (unpaired) electrons. The summed E-state index contributed by atoms with van der Waals surface area (Å²) in [6.45, 7) is 0. The minimum atomic E-state index is -4.89. The zero-order valence-corrected chi connectivity index (χ0v) is 7.89. The molecule has 0 amide bonds. The van der Waals surface area contributed by atoms with Crippen LogP contribution in [0, 0.1) is 0 Å². The van der Waals surface area contributed by atoms with Gasteiger partial charge in [0, 0.05) is 0 Å². The van der Waals surface area contributed by atoms with Gasteiger partial charge in [0.1, 0.15) is 0 Å². The van der Waals surface area contributed by atoms with Crippen LogP contribution in [-0.4, -0.2) is 19.1 Å². The minimum Gasteiger partial charge on any atom is -0.425 e. The van der Waals surface area contributed by atoms with E-state index in [1.54, 1.807) is 0 Å². The molecule has 0 spiro atoms. The van der Waals surface area contributed by atoms with Gasteiger partial charge >= 0.3 is 29.9 Å². The molecular weight excluding hydrogens is 205 g/mol. The van der Waals surface area contributed by atoms with Crippen molar-refractivity contribution in [2.24, 2.45) is 0 Å². The summed E-state index contributed by atoms with van der Waals surface area (Å²) in [5.74, 6) is 0. The topological polar surface area (TPSA) is 104 Å². The molecule has 0 saturated heterocycles. The largest absolute Gasteiger partial charge is 2.00 e. The van der Waals surface area contributed by atoms with Crippen LogP contribution in [0.5, 0.6) is 0 Å². The molecule has 0 heterocycles. The number of carboxylic acid groups (broad SMARTS) is 1. The van der Waals surface area contributed by atoms with Crippen molar-refractivity contribution in [2.45, 2.75) is 0 Å². The Hall–Kier alpha value is -0.197. The summed E-state index contributed by atoms with van der Waals surface area (Å²) >= 11 is 0. The van der Waals surface area contributed by atoms with E-state index >= 15 is 0 Å². The smallest absolute Gasteiger partial charge is 0.425 e. The molecule has 0 aromatic rings. The SMILES string of the molecule is O=C([O-])OS(=O)(=O)O.[Zn+2]. The van der Waals surface area contributed by atoms with E-state index in [0.717, 1.165) is 0 Å². The van der Waals surface area contributed by atoms with E-state index in [0.29, 0.717) is 0 Å².